The third-order valence-corrected chi connectivity index (χ3v) is 5.55. The summed E-state index contributed by atoms with van der Waals surface area (Å²) in [5.41, 5.74) is 0.564. The van der Waals surface area contributed by atoms with E-state index >= 15 is 0 Å². The molecule has 1 N–H and O–H groups in total. The van der Waals surface area contributed by atoms with E-state index in [1.807, 2.05) is 0 Å². The molecule has 0 radical (unpaired) electrons. The number of hydrogen-bond acceptors (Lipinski definition) is 4. The molecule has 0 aromatic heterocycles. The molecule has 9 heteroatoms. The van der Waals surface area contributed by atoms with Crippen LogP contribution in [0.2, 0.25) is 10.0 Å². The molecule has 0 aliphatic rings. The molecule has 0 spiro atoms. The molecule has 0 fully saturated rings. The van der Waals surface area contributed by atoms with Crippen molar-refractivity contribution in [3.63, 3.8) is 0 Å². The van der Waals surface area contributed by atoms with Gasteiger partial charge >= 0.3 is 5.97 Å². The van der Waals surface area contributed by atoms with Crippen molar-refractivity contribution in [3.05, 3.63) is 63.9 Å². The summed E-state index contributed by atoms with van der Waals surface area (Å²) >= 11 is 11.6. The smallest absolute Gasteiger partial charge is 0.324 e. The summed E-state index contributed by atoms with van der Waals surface area (Å²) in [4.78, 5) is 11.8. The Kier molecular flexibility index (Phi) is 6.40. The third-order valence-electron chi connectivity index (χ3n) is 3.34. The maximum atomic E-state index is 13.0. The molecule has 0 saturated carbocycles. The second-order valence-electron chi connectivity index (χ2n) is 5.10. The number of carbonyl (C=O) groups is 1. The van der Waals surface area contributed by atoms with Crippen LogP contribution >= 0.6 is 23.2 Å². The van der Waals surface area contributed by atoms with Crippen LogP contribution in [0.15, 0.2) is 47.4 Å². The monoisotopic (exact) mass is 405 g/mol. The lowest BCUT2D eigenvalue weighted by Crippen LogP contribution is -2.43. The molecule has 0 heterocycles. The van der Waals surface area contributed by atoms with Crippen LogP contribution < -0.4 is 4.72 Å². The van der Waals surface area contributed by atoms with Gasteiger partial charge in [-0.3, -0.25) is 4.79 Å². The van der Waals surface area contributed by atoms with Crippen molar-refractivity contribution in [2.75, 3.05) is 7.11 Å². The van der Waals surface area contributed by atoms with Crippen molar-refractivity contribution in [1.29, 1.82) is 0 Å². The van der Waals surface area contributed by atoms with Gasteiger partial charge in [-0.05, 0) is 42.3 Å². The van der Waals surface area contributed by atoms with Gasteiger partial charge in [-0.25, -0.2) is 12.8 Å². The number of rotatable bonds is 6. The van der Waals surface area contributed by atoms with Gasteiger partial charge in [0.15, 0.2) is 0 Å². The molecule has 0 aliphatic heterocycles. The lowest BCUT2D eigenvalue weighted by atomic mass is 10.1. The number of benzene rings is 2. The molecule has 0 amide bonds. The Balaban J connectivity index is 2.27. The van der Waals surface area contributed by atoms with Crippen molar-refractivity contribution >= 4 is 39.2 Å². The lowest BCUT2D eigenvalue weighted by molar-refractivity contribution is -0.142. The van der Waals surface area contributed by atoms with Crippen molar-refractivity contribution in [1.82, 2.24) is 4.72 Å². The topological polar surface area (TPSA) is 72.5 Å². The maximum absolute atomic E-state index is 13.0. The average Bonchev–Trinajstić information content (AvgIpc) is 2.57. The second-order valence-corrected chi connectivity index (χ2v) is 7.63. The normalized spacial score (nSPS) is 12.6. The van der Waals surface area contributed by atoms with Crippen LogP contribution in [0.5, 0.6) is 0 Å². The van der Waals surface area contributed by atoms with Gasteiger partial charge in [0.1, 0.15) is 11.9 Å². The number of carbonyl (C=O) groups excluding carboxylic acids is 1. The molecule has 2 aromatic rings. The number of nitrogens with one attached hydrogen (secondary N) is 1. The molecule has 2 aromatic carbocycles. The van der Waals surface area contributed by atoms with Gasteiger partial charge in [0.05, 0.1) is 22.1 Å². The first-order chi connectivity index (χ1) is 11.7. The molecular weight excluding hydrogens is 392 g/mol. The fourth-order valence-electron chi connectivity index (χ4n) is 2.07. The van der Waals surface area contributed by atoms with Gasteiger partial charge in [0, 0.05) is 0 Å². The molecule has 25 heavy (non-hydrogen) atoms. The number of ether oxygens (including phenoxy) is 1. The zero-order chi connectivity index (χ0) is 18.6. The number of methoxy groups -OCH3 is 1. The van der Waals surface area contributed by atoms with Crippen LogP contribution in [0.1, 0.15) is 5.56 Å². The number of esters is 1. The first kappa shape index (κ1) is 19.7. The minimum absolute atomic E-state index is 0.00644. The summed E-state index contributed by atoms with van der Waals surface area (Å²) in [7, 11) is -2.90. The van der Waals surface area contributed by atoms with E-state index in [4.69, 9.17) is 23.2 Å². The van der Waals surface area contributed by atoms with Gasteiger partial charge in [0.2, 0.25) is 10.0 Å². The Bertz CT molecular complexity index is 872. The average molecular weight is 406 g/mol. The molecule has 0 aliphatic carbocycles. The molecule has 5 nitrogen and oxygen atoms in total. The largest absolute Gasteiger partial charge is 0.468 e. The van der Waals surface area contributed by atoms with Crippen molar-refractivity contribution in [2.45, 2.75) is 17.4 Å². The first-order valence-electron chi connectivity index (χ1n) is 7.02. The molecule has 1 atom stereocenters. The second kappa shape index (κ2) is 8.14. The predicted octanol–water partition coefficient (Wildman–Crippen LogP) is 3.20. The summed E-state index contributed by atoms with van der Waals surface area (Å²) in [6.45, 7) is 0. The van der Waals surface area contributed by atoms with E-state index in [1.54, 1.807) is 0 Å². The first-order valence-corrected chi connectivity index (χ1v) is 9.26. The minimum Gasteiger partial charge on any atom is -0.468 e. The van der Waals surface area contributed by atoms with Crippen molar-refractivity contribution in [3.8, 4) is 0 Å². The SMILES string of the molecule is COC(=O)C(Cc1ccc(F)cc1)NS(=O)(=O)c1ccc(Cl)c(Cl)c1. The molecular formula is C16H14Cl2FNO4S. The third kappa shape index (κ3) is 5.15. The zero-order valence-electron chi connectivity index (χ0n) is 13.0. The van der Waals surface area contributed by atoms with Gasteiger partial charge < -0.3 is 4.74 Å². The number of hydrogen-bond donors (Lipinski definition) is 1. The molecule has 134 valence electrons. The molecule has 0 saturated heterocycles. The summed E-state index contributed by atoms with van der Waals surface area (Å²) < 4.78 is 44.9. The Morgan fingerprint density at radius 2 is 1.80 bits per heavy atom. The van der Waals surface area contributed by atoms with E-state index in [0.29, 0.717) is 5.56 Å². The van der Waals surface area contributed by atoms with E-state index in [9.17, 15) is 17.6 Å². The van der Waals surface area contributed by atoms with Crippen LogP contribution in [0.4, 0.5) is 4.39 Å². The highest BCUT2D eigenvalue weighted by Gasteiger charge is 2.27. The van der Waals surface area contributed by atoms with E-state index in [2.05, 4.69) is 9.46 Å². The van der Waals surface area contributed by atoms with Crippen molar-refractivity contribution in [2.24, 2.45) is 0 Å². The maximum Gasteiger partial charge on any atom is 0.324 e. The highest BCUT2D eigenvalue weighted by atomic mass is 35.5. The van der Waals surface area contributed by atoms with Gasteiger partial charge in [-0.2, -0.15) is 4.72 Å². The van der Waals surface area contributed by atoms with Crippen LogP contribution in [0.3, 0.4) is 0 Å². The standard InChI is InChI=1S/C16H14Cl2FNO4S/c1-24-16(21)15(8-10-2-4-11(19)5-3-10)20-25(22,23)12-6-7-13(17)14(18)9-12/h2-7,9,15,20H,8H2,1H3. The molecule has 2 rings (SSSR count). The van der Waals surface area contributed by atoms with Crippen LogP contribution in [0.25, 0.3) is 0 Å². The van der Waals surface area contributed by atoms with E-state index in [1.165, 1.54) is 42.5 Å². The Morgan fingerprint density at radius 1 is 1.16 bits per heavy atom. The fraction of sp³-hybridized carbons (Fsp3) is 0.188. The Labute approximate surface area is 154 Å². The van der Waals surface area contributed by atoms with Crippen LogP contribution in [-0.2, 0) is 26.0 Å². The summed E-state index contributed by atoms with van der Waals surface area (Å²) in [5.74, 6) is -1.21. The van der Waals surface area contributed by atoms with Crippen molar-refractivity contribution < 1.29 is 22.3 Å². The molecule has 1 unspecified atom stereocenters. The summed E-state index contributed by atoms with van der Waals surface area (Å²) in [5, 5.41) is 0.272. The quantitative estimate of drug-likeness (QED) is 0.748. The van der Waals surface area contributed by atoms with Crippen LogP contribution in [0, 0.1) is 5.82 Å². The molecule has 0 bridgehead atoms. The van der Waals surface area contributed by atoms with Gasteiger partial charge in [0.25, 0.3) is 0 Å². The van der Waals surface area contributed by atoms with Gasteiger partial charge in [-0.15, -0.1) is 0 Å². The highest BCUT2D eigenvalue weighted by molar-refractivity contribution is 7.89. The van der Waals surface area contributed by atoms with Gasteiger partial charge in [-0.1, -0.05) is 35.3 Å². The number of halogens is 3. The minimum atomic E-state index is -4.05. The fourth-order valence-corrected chi connectivity index (χ4v) is 3.64. The predicted molar refractivity (Wildman–Crippen MR) is 92.7 cm³/mol. The van der Waals surface area contributed by atoms with E-state index in [0.717, 1.165) is 7.11 Å². The summed E-state index contributed by atoms with van der Waals surface area (Å²) in [6, 6.07) is 7.95. The number of sulfonamides is 1. The van der Waals surface area contributed by atoms with E-state index in [-0.39, 0.29) is 21.4 Å². The summed E-state index contributed by atoms with van der Waals surface area (Å²) in [6.07, 6.45) is -0.00644. The Hall–Kier alpha value is -1.67. The highest BCUT2D eigenvalue weighted by Crippen LogP contribution is 2.25. The lowest BCUT2D eigenvalue weighted by Gasteiger charge is -2.17. The zero-order valence-corrected chi connectivity index (χ0v) is 15.3. The Morgan fingerprint density at radius 3 is 2.36 bits per heavy atom. The van der Waals surface area contributed by atoms with Crippen LogP contribution in [-0.4, -0.2) is 27.5 Å². The van der Waals surface area contributed by atoms with E-state index < -0.39 is 27.9 Å².